The van der Waals surface area contributed by atoms with Crippen molar-refractivity contribution in [2.24, 2.45) is 5.10 Å². The van der Waals surface area contributed by atoms with E-state index in [1.807, 2.05) is 24.3 Å². The first-order valence-corrected chi connectivity index (χ1v) is 11.3. The maximum absolute atomic E-state index is 6.66. The van der Waals surface area contributed by atoms with E-state index in [-0.39, 0.29) is 11.6 Å². The van der Waals surface area contributed by atoms with Gasteiger partial charge in [-0.05, 0) is 44.2 Å². The van der Waals surface area contributed by atoms with Crippen LogP contribution in [0.3, 0.4) is 0 Å². The van der Waals surface area contributed by atoms with Gasteiger partial charge in [0.1, 0.15) is 5.75 Å². The Balaban J connectivity index is 1.63. The standard InChI is InChI=1S/C22H21BrCl2N2O2/c1-21(2)12-22(7-8-28-21)27-19(16-9-13(23)3-6-20(16)29-22)11-18(26-27)15-5-4-14(24)10-17(15)25/h3-6,9-10,19H,7-8,11-12H2,1-2H3/t19-,22-/m1/s1. The predicted molar refractivity (Wildman–Crippen MR) is 119 cm³/mol. The van der Waals surface area contributed by atoms with E-state index in [1.165, 1.54) is 0 Å². The summed E-state index contributed by atoms with van der Waals surface area (Å²) in [5.41, 5.74) is 2.19. The summed E-state index contributed by atoms with van der Waals surface area (Å²) in [6.07, 6.45) is 2.25. The highest BCUT2D eigenvalue weighted by molar-refractivity contribution is 9.10. The lowest BCUT2D eigenvalue weighted by Gasteiger charge is -2.52. The number of hydrazone groups is 1. The lowest BCUT2D eigenvalue weighted by molar-refractivity contribution is -0.212. The second-order valence-corrected chi connectivity index (χ2v) is 10.3. The number of nitrogens with zero attached hydrogens (tertiary/aromatic N) is 2. The number of fused-ring (bicyclic) bond motifs is 4. The van der Waals surface area contributed by atoms with E-state index in [1.54, 1.807) is 6.07 Å². The molecule has 0 aromatic heterocycles. The zero-order chi connectivity index (χ0) is 20.4. The molecule has 152 valence electrons. The molecule has 1 spiro atoms. The number of hydrogen-bond donors (Lipinski definition) is 0. The molecule has 0 unspecified atom stereocenters. The fourth-order valence-electron chi connectivity index (χ4n) is 4.71. The van der Waals surface area contributed by atoms with Crippen molar-refractivity contribution in [2.45, 2.75) is 50.5 Å². The Bertz CT molecular complexity index is 1030. The maximum atomic E-state index is 6.66. The van der Waals surface area contributed by atoms with E-state index in [2.05, 4.69) is 40.9 Å². The van der Waals surface area contributed by atoms with Crippen LogP contribution in [-0.2, 0) is 4.74 Å². The van der Waals surface area contributed by atoms with Gasteiger partial charge in [-0.1, -0.05) is 45.2 Å². The van der Waals surface area contributed by atoms with Crippen LogP contribution in [0.5, 0.6) is 5.75 Å². The van der Waals surface area contributed by atoms with Crippen LogP contribution in [0.25, 0.3) is 0 Å². The fraction of sp³-hybridized carbons (Fsp3) is 0.409. The van der Waals surface area contributed by atoms with E-state index < -0.39 is 5.72 Å². The van der Waals surface area contributed by atoms with Gasteiger partial charge in [-0.2, -0.15) is 5.10 Å². The predicted octanol–water partition coefficient (Wildman–Crippen LogP) is 6.58. The second-order valence-electron chi connectivity index (χ2n) is 8.50. The molecule has 2 aromatic rings. The highest BCUT2D eigenvalue weighted by Gasteiger charge is 2.54. The van der Waals surface area contributed by atoms with Gasteiger partial charge in [0.2, 0.25) is 5.72 Å². The molecule has 2 aromatic carbocycles. The van der Waals surface area contributed by atoms with Gasteiger partial charge < -0.3 is 9.47 Å². The molecule has 3 aliphatic rings. The van der Waals surface area contributed by atoms with Gasteiger partial charge in [0.25, 0.3) is 0 Å². The number of rotatable bonds is 1. The summed E-state index contributed by atoms with van der Waals surface area (Å²) >= 11 is 16.2. The number of hydrogen-bond acceptors (Lipinski definition) is 4. The van der Waals surface area contributed by atoms with Crippen molar-refractivity contribution < 1.29 is 9.47 Å². The fourth-order valence-corrected chi connectivity index (χ4v) is 5.61. The lowest BCUT2D eigenvalue weighted by atomic mass is 9.86. The Hall–Kier alpha value is -1.27. The minimum Gasteiger partial charge on any atom is -0.466 e. The first kappa shape index (κ1) is 19.7. The molecular formula is C22H21BrCl2N2O2. The maximum Gasteiger partial charge on any atom is 0.203 e. The normalized spacial score (nSPS) is 27.3. The van der Waals surface area contributed by atoms with Gasteiger partial charge >= 0.3 is 0 Å². The van der Waals surface area contributed by atoms with Crippen LogP contribution < -0.4 is 4.74 Å². The van der Waals surface area contributed by atoms with Crippen molar-refractivity contribution in [3.05, 3.63) is 62.0 Å². The van der Waals surface area contributed by atoms with Crippen molar-refractivity contribution in [3.8, 4) is 5.75 Å². The first-order chi connectivity index (χ1) is 13.8. The van der Waals surface area contributed by atoms with E-state index in [4.69, 9.17) is 37.8 Å². The Morgan fingerprint density at radius 2 is 2.00 bits per heavy atom. The third-order valence-corrected chi connectivity index (χ3v) is 6.93. The summed E-state index contributed by atoms with van der Waals surface area (Å²) < 4.78 is 13.7. The summed E-state index contributed by atoms with van der Waals surface area (Å²) in [5, 5.41) is 8.47. The summed E-state index contributed by atoms with van der Waals surface area (Å²) in [6, 6.07) is 11.9. The molecule has 0 amide bonds. The minimum atomic E-state index is -0.534. The summed E-state index contributed by atoms with van der Waals surface area (Å²) in [5.74, 6) is 0.922. The molecule has 5 rings (SSSR count). The SMILES string of the molecule is CC1(C)C[C@@]2(CCO1)Oc1ccc(Br)cc1[C@H]1CC(c3ccc(Cl)cc3Cl)=NN12. The van der Waals surface area contributed by atoms with Crippen molar-refractivity contribution in [3.63, 3.8) is 0 Å². The molecule has 0 N–H and O–H groups in total. The van der Waals surface area contributed by atoms with Crippen molar-refractivity contribution in [2.75, 3.05) is 6.61 Å². The topological polar surface area (TPSA) is 34.1 Å². The molecule has 0 radical (unpaired) electrons. The molecule has 4 nitrogen and oxygen atoms in total. The zero-order valence-corrected chi connectivity index (χ0v) is 19.3. The van der Waals surface area contributed by atoms with Crippen LogP contribution in [-0.4, -0.2) is 28.7 Å². The van der Waals surface area contributed by atoms with Crippen molar-refractivity contribution in [1.29, 1.82) is 0 Å². The summed E-state index contributed by atoms with van der Waals surface area (Å²) in [7, 11) is 0. The van der Waals surface area contributed by atoms with E-state index in [0.717, 1.165) is 46.3 Å². The van der Waals surface area contributed by atoms with Crippen molar-refractivity contribution in [1.82, 2.24) is 5.01 Å². The quantitative estimate of drug-likeness (QED) is 0.447. The molecule has 29 heavy (non-hydrogen) atoms. The zero-order valence-electron chi connectivity index (χ0n) is 16.2. The van der Waals surface area contributed by atoms with Gasteiger partial charge in [0.15, 0.2) is 0 Å². The van der Waals surface area contributed by atoms with Crippen LogP contribution in [0.1, 0.15) is 50.3 Å². The van der Waals surface area contributed by atoms with E-state index in [0.29, 0.717) is 16.7 Å². The third kappa shape index (κ3) is 3.36. The molecule has 3 aliphatic heterocycles. The average Bonchev–Trinajstić information content (AvgIpc) is 3.08. The second kappa shape index (κ2) is 6.88. The lowest BCUT2D eigenvalue weighted by Crippen LogP contribution is -2.60. The van der Waals surface area contributed by atoms with Gasteiger partial charge in [-0.3, -0.25) is 0 Å². The number of ether oxygens (including phenoxy) is 2. The van der Waals surface area contributed by atoms with Crippen LogP contribution >= 0.6 is 39.1 Å². The molecule has 0 saturated carbocycles. The summed E-state index contributed by atoms with van der Waals surface area (Å²) in [6.45, 7) is 4.86. The van der Waals surface area contributed by atoms with Gasteiger partial charge in [-0.25, -0.2) is 5.01 Å². The van der Waals surface area contributed by atoms with Crippen LogP contribution in [0, 0.1) is 0 Å². The summed E-state index contributed by atoms with van der Waals surface area (Å²) in [4.78, 5) is 0. The molecule has 1 fully saturated rings. The molecule has 0 bridgehead atoms. The Kier molecular flexibility index (Phi) is 4.67. The molecule has 2 atom stereocenters. The van der Waals surface area contributed by atoms with E-state index >= 15 is 0 Å². The largest absolute Gasteiger partial charge is 0.466 e. The molecule has 1 saturated heterocycles. The third-order valence-electron chi connectivity index (χ3n) is 5.89. The molecule has 0 aliphatic carbocycles. The minimum absolute atomic E-state index is 0.0897. The van der Waals surface area contributed by atoms with Gasteiger partial charge in [-0.15, -0.1) is 0 Å². The van der Waals surface area contributed by atoms with Crippen LogP contribution in [0.4, 0.5) is 0 Å². The van der Waals surface area contributed by atoms with Gasteiger partial charge in [0, 0.05) is 39.9 Å². The molecular weight excluding hydrogens is 475 g/mol. The highest BCUT2D eigenvalue weighted by Crippen LogP contribution is 2.52. The Labute approximate surface area is 188 Å². The van der Waals surface area contributed by atoms with Crippen LogP contribution in [0.15, 0.2) is 46.0 Å². The monoisotopic (exact) mass is 494 g/mol. The van der Waals surface area contributed by atoms with Gasteiger partial charge in [0.05, 0.1) is 29.0 Å². The van der Waals surface area contributed by atoms with Crippen LogP contribution in [0.2, 0.25) is 10.0 Å². The van der Waals surface area contributed by atoms with Crippen molar-refractivity contribution >= 4 is 44.8 Å². The number of halogens is 3. The van der Waals surface area contributed by atoms with E-state index in [9.17, 15) is 0 Å². The Morgan fingerprint density at radius 1 is 1.17 bits per heavy atom. The molecule has 7 heteroatoms. The smallest absolute Gasteiger partial charge is 0.203 e. The highest BCUT2D eigenvalue weighted by atomic mass is 79.9. The average molecular weight is 496 g/mol. The Morgan fingerprint density at radius 3 is 2.76 bits per heavy atom. The molecule has 3 heterocycles. The first-order valence-electron chi connectivity index (χ1n) is 9.71. The number of benzene rings is 2.